The van der Waals surface area contributed by atoms with Crippen molar-refractivity contribution < 1.29 is 13.6 Å². The highest BCUT2D eigenvalue weighted by Gasteiger charge is 2.14. The third-order valence-corrected chi connectivity index (χ3v) is 2.98. The van der Waals surface area contributed by atoms with Crippen LogP contribution in [0.25, 0.3) is 6.08 Å². The Bertz CT molecular complexity index is 630. The van der Waals surface area contributed by atoms with Crippen molar-refractivity contribution in [2.45, 2.75) is 0 Å². The third kappa shape index (κ3) is 3.35. The highest BCUT2D eigenvalue weighted by atomic mass is 79.9. The summed E-state index contributed by atoms with van der Waals surface area (Å²) in [5, 5.41) is 0. The van der Waals surface area contributed by atoms with Crippen molar-refractivity contribution in [3.63, 3.8) is 0 Å². The minimum atomic E-state index is -0.858. The maximum atomic E-state index is 13.4. The molecule has 2 aromatic carbocycles. The predicted molar refractivity (Wildman–Crippen MR) is 73.9 cm³/mol. The number of halogens is 3. The topological polar surface area (TPSA) is 17.1 Å². The standard InChI is InChI=1S/C15H9BrF2O/c16-11-4-1-3-10(9-11)7-8-14(19)15-12(17)5-2-6-13(15)18/h1-9H/b8-7+. The Morgan fingerprint density at radius 1 is 1.05 bits per heavy atom. The molecule has 0 spiro atoms. The molecule has 0 heterocycles. The lowest BCUT2D eigenvalue weighted by Gasteiger charge is -2.00. The molecule has 0 amide bonds. The molecule has 0 aliphatic rings. The van der Waals surface area contributed by atoms with E-state index in [0.717, 1.165) is 28.2 Å². The van der Waals surface area contributed by atoms with E-state index in [9.17, 15) is 13.6 Å². The van der Waals surface area contributed by atoms with E-state index in [1.807, 2.05) is 6.07 Å². The van der Waals surface area contributed by atoms with Crippen molar-refractivity contribution in [2.75, 3.05) is 0 Å². The first-order valence-corrected chi connectivity index (χ1v) is 6.29. The van der Waals surface area contributed by atoms with E-state index in [1.54, 1.807) is 18.2 Å². The van der Waals surface area contributed by atoms with Gasteiger partial charge in [0.1, 0.15) is 11.6 Å². The normalized spacial score (nSPS) is 10.9. The SMILES string of the molecule is O=C(/C=C/c1cccc(Br)c1)c1c(F)cccc1F. The smallest absolute Gasteiger partial charge is 0.191 e. The minimum absolute atomic E-state index is 0.534. The summed E-state index contributed by atoms with van der Waals surface area (Å²) in [5.41, 5.74) is 0.230. The molecule has 0 aromatic heterocycles. The molecule has 0 bridgehead atoms. The van der Waals surface area contributed by atoms with Gasteiger partial charge in [0.15, 0.2) is 5.78 Å². The van der Waals surface area contributed by atoms with Crippen LogP contribution >= 0.6 is 15.9 Å². The zero-order chi connectivity index (χ0) is 13.8. The summed E-state index contributed by atoms with van der Waals surface area (Å²) in [6.07, 6.45) is 2.67. The van der Waals surface area contributed by atoms with E-state index >= 15 is 0 Å². The molecule has 0 N–H and O–H groups in total. The van der Waals surface area contributed by atoms with Gasteiger partial charge in [-0.1, -0.05) is 40.2 Å². The first-order chi connectivity index (χ1) is 9.08. The van der Waals surface area contributed by atoms with Crippen LogP contribution in [0, 0.1) is 11.6 Å². The Morgan fingerprint density at radius 3 is 2.32 bits per heavy atom. The molecule has 0 aliphatic carbocycles. The molecule has 19 heavy (non-hydrogen) atoms. The van der Waals surface area contributed by atoms with Crippen LogP contribution < -0.4 is 0 Å². The molecule has 2 aromatic rings. The molecule has 0 saturated carbocycles. The van der Waals surface area contributed by atoms with Crippen LogP contribution in [-0.4, -0.2) is 5.78 Å². The Morgan fingerprint density at radius 2 is 1.68 bits per heavy atom. The van der Waals surface area contributed by atoms with E-state index in [0.29, 0.717) is 0 Å². The van der Waals surface area contributed by atoms with Gasteiger partial charge in [0, 0.05) is 4.47 Å². The van der Waals surface area contributed by atoms with E-state index in [4.69, 9.17) is 0 Å². The van der Waals surface area contributed by atoms with Crippen molar-refractivity contribution >= 4 is 27.8 Å². The fourth-order valence-corrected chi connectivity index (χ4v) is 2.02. The van der Waals surface area contributed by atoms with Gasteiger partial charge in [-0.3, -0.25) is 4.79 Å². The summed E-state index contributed by atoms with van der Waals surface area (Å²) in [5.74, 6) is -2.41. The first kappa shape index (κ1) is 13.6. The summed E-state index contributed by atoms with van der Waals surface area (Å²) in [4.78, 5) is 11.8. The van der Waals surface area contributed by atoms with Gasteiger partial charge < -0.3 is 0 Å². The average molecular weight is 323 g/mol. The number of carbonyl (C=O) groups is 1. The molecule has 1 nitrogen and oxygen atoms in total. The maximum absolute atomic E-state index is 13.4. The van der Waals surface area contributed by atoms with Crippen molar-refractivity contribution in [1.29, 1.82) is 0 Å². The molecule has 96 valence electrons. The highest BCUT2D eigenvalue weighted by Crippen LogP contribution is 2.16. The fraction of sp³-hybridized carbons (Fsp3) is 0. The summed E-state index contributed by atoms with van der Waals surface area (Å²) in [6.45, 7) is 0. The van der Waals surface area contributed by atoms with Crippen molar-refractivity contribution in [3.8, 4) is 0 Å². The number of hydrogen-bond donors (Lipinski definition) is 0. The van der Waals surface area contributed by atoms with Crippen LogP contribution in [-0.2, 0) is 0 Å². The van der Waals surface area contributed by atoms with E-state index in [1.165, 1.54) is 12.1 Å². The molecule has 2 rings (SSSR count). The van der Waals surface area contributed by atoms with Crippen molar-refractivity contribution in [1.82, 2.24) is 0 Å². The Hall–Kier alpha value is -1.81. The quantitative estimate of drug-likeness (QED) is 0.595. The Labute approximate surface area is 117 Å². The summed E-state index contributed by atoms with van der Waals surface area (Å²) < 4.78 is 27.6. The summed E-state index contributed by atoms with van der Waals surface area (Å²) in [7, 11) is 0. The molecular formula is C15H9BrF2O. The molecular weight excluding hydrogens is 314 g/mol. The largest absolute Gasteiger partial charge is 0.289 e. The second-order valence-corrected chi connectivity index (χ2v) is 4.76. The van der Waals surface area contributed by atoms with Crippen LogP contribution in [0.5, 0.6) is 0 Å². The second kappa shape index (κ2) is 5.89. The minimum Gasteiger partial charge on any atom is -0.289 e. The van der Waals surface area contributed by atoms with Crippen molar-refractivity contribution in [2.24, 2.45) is 0 Å². The number of rotatable bonds is 3. The summed E-state index contributed by atoms with van der Waals surface area (Å²) >= 11 is 3.30. The lowest BCUT2D eigenvalue weighted by Crippen LogP contribution is -2.02. The van der Waals surface area contributed by atoms with Gasteiger partial charge in [-0.05, 0) is 35.9 Å². The molecule has 0 fully saturated rings. The Kier molecular flexibility index (Phi) is 4.22. The zero-order valence-corrected chi connectivity index (χ0v) is 11.3. The predicted octanol–water partition coefficient (Wildman–Crippen LogP) is 4.62. The highest BCUT2D eigenvalue weighted by molar-refractivity contribution is 9.10. The molecule has 0 radical (unpaired) electrons. The van der Waals surface area contributed by atoms with Gasteiger partial charge in [0.05, 0.1) is 5.56 Å². The fourth-order valence-electron chi connectivity index (χ4n) is 1.60. The monoisotopic (exact) mass is 322 g/mol. The van der Waals surface area contributed by atoms with Crippen LogP contribution in [0.1, 0.15) is 15.9 Å². The maximum Gasteiger partial charge on any atom is 0.191 e. The second-order valence-electron chi connectivity index (χ2n) is 3.85. The molecule has 4 heteroatoms. The van der Waals surface area contributed by atoms with E-state index in [2.05, 4.69) is 15.9 Å². The number of benzene rings is 2. The van der Waals surface area contributed by atoms with Gasteiger partial charge in [0.25, 0.3) is 0 Å². The van der Waals surface area contributed by atoms with Gasteiger partial charge in [-0.25, -0.2) is 8.78 Å². The van der Waals surface area contributed by atoms with Crippen LogP contribution in [0.15, 0.2) is 53.0 Å². The van der Waals surface area contributed by atoms with E-state index < -0.39 is 23.0 Å². The van der Waals surface area contributed by atoms with Gasteiger partial charge in [0.2, 0.25) is 0 Å². The third-order valence-electron chi connectivity index (χ3n) is 2.48. The van der Waals surface area contributed by atoms with Crippen LogP contribution in [0.2, 0.25) is 0 Å². The number of carbonyl (C=O) groups excluding carboxylic acids is 1. The molecule has 0 unspecified atom stereocenters. The van der Waals surface area contributed by atoms with Gasteiger partial charge in [-0.2, -0.15) is 0 Å². The Balaban J connectivity index is 2.27. The summed E-state index contributed by atoms with van der Waals surface area (Å²) in [6, 6.07) is 10.6. The molecule has 0 atom stereocenters. The van der Waals surface area contributed by atoms with Crippen molar-refractivity contribution in [3.05, 3.63) is 75.8 Å². The van der Waals surface area contributed by atoms with Gasteiger partial charge >= 0.3 is 0 Å². The average Bonchev–Trinajstić information content (AvgIpc) is 2.36. The number of allylic oxidation sites excluding steroid dienone is 1. The molecule has 0 aliphatic heterocycles. The lowest BCUT2D eigenvalue weighted by molar-refractivity contribution is 0.104. The van der Waals surface area contributed by atoms with Crippen LogP contribution in [0.3, 0.4) is 0 Å². The van der Waals surface area contributed by atoms with Gasteiger partial charge in [-0.15, -0.1) is 0 Å². The first-order valence-electron chi connectivity index (χ1n) is 5.50. The lowest BCUT2D eigenvalue weighted by atomic mass is 10.1. The van der Waals surface area contributed by atoms with E-state index in [-0.39, 0.29) is 0 Å². The van der Waals surface area contributed by atoms with Crippen LogP contribution in [0.4, 0.5) is 8.78 Å². The zero-order valence-electron chi connectivity index (χ0n) is 9.74. The number of ketones is 1. The number of hydrogen-bond acceptors (Lipinski definition) is 1. The molecule has 0 saturated heterocycles.